The summed E-state index contributed by atoms with van der Waals surface area (Å²) in [6.45, 7) is 8.89. The lowest BCUT2D eigenvalue weighted by atomic mass is 10.0. The molecule has 20 heavy (non-hydrogen) atoms. The average molecular weight is 277 g/mol. The molecule has 1 saturated heterocycles. The molecule has 1 aliphatic rings. The maximum absolute atomic E-state index is 4.42. The first-order valence-electron chi connectivity index (χ1n) is 7.75. The van der Waals surface area contributed by atoms with Crippen LogP contribution in [0, 0.1) is 0 Å². The third-order valence-electron chi connectivity index (χ3n) is 4.12. The largest absolute Gasteiger partial charge is 0.370 e. The van der Waals surface area contributed by atoms with E-state index in [4.69, 9.17) is 0 Å². The highest BCUT2D eigenvalue weighted by Crippen LogP contribution is 2.21. The van der Waals surface area contributed by atoms with Crippen molar-refractivity contribution in [1.29, 1.82) is 0 Å². The highest BCUT2D eigenvalue weighted by molar-refractivity contribution is 5.48. The van der Waals surface area contributed by atoms with E-state index in [2.05, 4.69) is 52.0 Å². The number of hydrogen-bond donors (Lipinski definition) is 1. The second-order valence-electron chi connectivity index (χ2n) is 5.46. The minimum absolute atomic E-state index is 0.590. The van der Waals surface area contributed by atoms with Crippen LogP contribution in [-0.2, 0) is 0 Å². The van der Waals surface area contributed by atoms with E-state index in [1.807, 2.05) is 0 Å². The van der Waals surface area contributed by atoms with Crippen LogP contribution < -0.4 is 10.2 Å². The fourth-order valence-corrected chi connectivity index (χ4v) is 2.70. The summed E-state index contributed by atoms with van der Waals surface area (Å²) in [5.41, 5.74) is 0. The van der Waals surface area contributed by atoms with Crippen molar-refractivity contribution in [2.24, 2.45) is 0 Å². The Hall–Kier alpha value is -1.36. The van der Waals surface area contributed by atoms with Crippen molar-refractivity contribution in [3.05, 3.63) is 12.4 Å². The Kier molecular flexibility index (Phi) is 5.59. The van der Waals surface area contributed by atoms with Crippen molar-refractivity contribution >= 4 is 11.6 Å². The zero-order chi connectivity index (χ0) is 14.4. The van der Waals surface area contributed by atoms with Gasteiger partial charge in [-0.25, -0.2) is 9.97 Å². The number of aromatic nitrogens is 2. The first kappa shape index (κ1) is 15.0. The normalized spacial score (nSPS) is 17.1. The van der Waals surface area contributed by atoms with E-state index in [0.29, 0.717) is 6.04 Å². The van der Waals surface area contributed by atoms with E-state index in [1.54, 1.807) is 6.33 Å². The molecule has 2 rings (SSSR count). The third kappa shape index (κ3) is 3.82. The highest BCUT2D eigenvalue weighted by Gasteiger charge is 2.22. The van der Waals surface area contributed by atoms with E-state index < -0.39 is 0 Å². The van der Waals surface area contributed by atoms with Gasteiger partial charge in [-0.2, -0.15) is 0 Å². The Morgan fingerprint density at radius 1 is 1.30 bits per heavy atom. The van der Waals surface area contributed by atoms with Gasteiger partial charge in [-0.15, -0.1) is 0 Å². The van der Waals surface area contributed by atoms with Gasteiger partial charge in [0.05, 0.1) is 0 Å². The van der Waals surface area contributed by atoms with Crippen LogP contribution in [-0.4, -0.2) is 54.1 Å². The van der Waals surface area contributed by atoms with Gasteiger partial charge in [0.2, 0.25) is 0 Å². The van der Waals surface area contributed by atoms with Gasteiger partial charge in [0.1, 0.15) is 18.0 Å². The summed E-state index contributed by atoms with van der Waals surface area (Å²) in [7, 11) is 2.15. The number of nitrogens with zero attached hydrogens (tertiary/aromatic N) is 4. The van der Waals surface area contributed by atoms with Gasteiger partial charge in [0, 0.05) is 38.8 Å². The van der Waals surface area contributed by atoms with Crippen molar-refractivity contribution in [2.45, 2.75) is 39.2 Å². The second kappa shape index (κ2) is 7.43. The Labute approximate surface area is 122 Å². The summed E-state index contributed by atoms with van der Waals surface area (Å²) in [4.78, 5) is 13.5. The summed E-state index contributed by atoms with van der Waals surface area (Å²) in [6.07, 6.45) is 5.19. The zero-order valence-corrected chi connectivity index (χ0v) is 13.0. The minimum atomic E-state index is 0.590. The smallest absolute Gasteiger partial charge is 0.134 e. The van der Waals surface area contributed by atoms with Gasteiger partial charge in [-0.05, 0) is 25.8 Å². The van der Waals surface area contributed by atoms with Crippen molar-refractivity contribution < 1.29 is 0 Å². The molecule has 0 saturated carbocycles. The number of likely N-dealkylation sites (tertiary alicyclic amines) is 1. The summed E-state index contributed by atoms with van der Waals surface area (Å²) in [5, 5.41) is 3.32. The number of nitrogens with one attached hydrogen (secondary N) is 1. The standard InChI is InChI=1S/C15H27N5/c1-4-8-16-14-11-15(18-12-17-14)19(3)13-6-9-20(5-2)10-7-13/h11-13H,4-10H2,1-3H3,(H,16,17,18). The van der Waals surface area contributed by atoms with Crippen LogP contribution in [0.2, 0.25) is 0 Å². The van der Waals surface area contributed by atoms with Gasteiger partial charge in [-0.3, -0.25) is 0 Å². The molecule has 2 heterocycles. The molecule has 0 atom stereocenters. The second-order valence-corrected chi connectivity index (χ2v) is 5.46. The predicted octanol–water partition coefficient (Wildman–Crippen LogP) is 2.22. The lowest BCUT2D eigenvalue weighted by Gasteiger charge is -2.36. The third-order valence-corrected chi connectivity index (χ3v) is 4.12. The van der Waals surface area contributed by atoms with E-state index >= 15 is 0 Å². The molecule has 112 valence electrons. The molecular formula is C15H27N5. The van der Waals surface area contributed by atoms with Crippen molar-refractivity contribution in [3.8, 4) is 0 Å². The molecule has 5 nitrogen and oxygen atoms in total. The zero-order valence-electron chi connectivity index (χ0n) is 13.0. The molecule has 0 unspecified atom stereocenters. The minimum Gasteiger partial charge on any atom is -0.370 e. The first-order valence-corrected chi connectivity index (χ1v) is 7.75. The van der Waals surface area contributed by atoms with Crippen molar-refractivity contribution in [3.63, 3.8) is 0 Å². The number of anilines is 2. The van der Waals surface area contributed by atoms with Crippen molar-refractivity contribution in [1.82, 2.24) is 14.9 Å². The monoisotopic (exact) mass is 277 g/mol. The van der Waals surface area contributed by atoms with Crippen LogP contribution in [0.25, 0.3) is 0 Å². The van der Waals surface area contributed by atoms with Gasteiger partial charge >= 0.3 is 0 Å². The molecule has 5 heteroatoms. The summed E-state index contributed by atoms with van der Waals surface area (Å²) < 4.78 is 0. The Morgan fingerprint density at radius 2 is 2.05 bits per heavy atom. The molecule has 1 N–H and O–H groups in total. The molecule has 1 aliphatic heterocycles. The van der Waals surface area contributed by atoms with Crippen LogP contribution in [0.1, 0.15) is 33.1 Å². The van der Waals surface area contributed by atoms with Gasteiger partial charge in [-0.1, -0.05) is 13.8 Å². The van der Waals surface area contributed by atoms with Crippen LogP contribution >= 0.6 is 0 Å². The number of rotatable bonds is 6. The number of hydrogen-bond acceptors (Lipinski definition) is 5. The topological polar surface area (TPSA) is 44.3 Å². The molecule has 1 aromatic heterocycles. The Bertz CT molecular complexity index is 401. The van der Waals surface area contributed by atoms with Crippen LogP contribution in [0.4, 0.5) is 11.6 Å². The molecule has 0 radical (unpaired) electrons. The fraction of sp³-hybridized carbons (Fsp3) is 0.733. The van der Waals surface area contributed by atoms with E-state index in [-0.39, 0.29) is 0 Å². The molecule has 0 aliphatic carbocycles. The van der Waals surface area contributed by atoms with E-state index in [9.17, 15) is 0 Å². The first-order chi connectivity index (χ1) is 9.74. The van der Waals surface area contributed by atoms with Crippen LogP contribution in [0.3, 0.4) is 0 Å². The predicted molar refractivity (Wildman–Crippen MR) is 84.4 cm³/mol. The molecule has 0 spiro atoms. The molecule has 0 amide bonds. The van der Waals surface area contributed by atoms with E-state index in [0.717, 1.165) is 31.1 Å². The quantitative estimate of drug-likeness (QED) is 0.864. The SMILES string of the molecule is CCCNc1cc(N(C)C2CCN(CC)CC2)ncn1. The molecular weight excluding hydrogens is 250 g/mol. The molecule has 1 fully saturated rings. The fourth-order valence-electron chi connectivity index (χ4n) is 2.70. The summed E-state index contributed by atoms with van der Waals surface area (Å²) in [6, 6.07) is 2.65. The lowest BCUT2D eigenvalue weighted by molar-refractivity contribution is 0.220. The Balaban J connectivity index is 1.96. The van der Waals surface area contributed by atoms with Crippen LogP contribution in [0.5, 0.6) is 0 Å². The Morgan fingerprint density at radius 3 is 2.70 bits per heavy atom. The average Bonchev–Trinajstić information content (AvgIpc) is 2.52. The van der Waals surface area contributed by atoms with Gasteiger partial charge < -0.3 is 15.1 Å². The summed E-state index contributed by atoms with van der Waals surface area (Å²) >= 11 is 0. The van der Waals surface area contributed by atoms with E-state index in [1.165, 1.54) is 25.9 Å². The molecule has 1 aromatic rings. The van der Waals surface area contributed by atoms with Gasteiger partial charge in [0.25, 0.3) is 0 Å². The highest BCUT2D eigenvalue weighted by atomic mass is 15.2. The maximum Gasteiger partial charge on any atom is 0.134 e. The molecule has 0 aromatic carbocycles. The lowest BCUT2D eigenvalue weighted by Crippen LogP contribution is -2.43. The van der Waals surface area contributed by atoms with Crippen molar-refractivity contribution in [2.75, 3.05) is 43.4 Å². The summed E-state index contributed by atoms with van der Waals surface area (Å²) in [5.74, 6) is 1.95. The maximum atomic E-state index is 4.42. The van der Waals surface area contributed by atoms with Gasteiger partial charge in [0.15, 0.2) is 0 Å². The van der Waals surface area contributed by atoms with Crippen LogP contribution in [0.15, 0.2) is 12.4 Å². The number of piperidine rings is 1. The molecule has 0 bridgehead atoms.